The molecular weight excluding hydrogens is 516 g/mol. The second kappa shape index (κ2) is 17.6. The van der Waals surface area contributed by atoms with E-state index in [1.54, 1.807) is 29.5 Å². The van der Waals surface area contributed by atoms with Crippen molar-refractivity contribution in [2.45, 2.75) is 104 Å². The quantitative estimate of drug-likeness (QED) is 0.117. The summed E-state index contributed by atoms with van der Waals surface area (Å²) in [6.07, 6.45) is 15.9. The summed E-state index contributed by atoms with van der Waals surface area (Å²) >= 11 is 1.60. The van der Waals surface area contributed by atoms with E-state index in [2.05, 4.69) is 17.2 Å². The van der Waals surface area contributed by atoms with Crippen LogP contribution in [-0.2, 0) is 6.42 Å². The first-order valence-electron chi connectivity index (χ1n) is 15.1. The lowest BCUT2D eigenvalue weighted by atomic mass is 10.0. The topological polar surface area (TPSA) is 68.3 Å². The molecule has 0 saturated carbocycles. The van der Waals surface area contributed by atoms with E-state index in [4.69, 9.17) is 4.74 Å². The molecule has 0 fully saturated rings. The largest absolute Gasteiger partial charge is 0.491 e. The van der Waals surface area contributed by atoms with Gasteiger partial charge in [-0.15, -0.1) is 11.3 Å². The maximum absolute atomic E-state index is 13.4. The van der Waals surface area contributed by atoms with Gasteiger partial charge in [-0.05, 0) is 44.0 Å². The van der Waals surface area contributed by atoms with Gasteiger partial charge >= 0.3 is 0 Å². The van der Waals surface area contributed by atoms with E-state index in [0.29, 0.717) is 35.6 Å². The van der Waals surface area contributed by atoms with E-state index < -0.39 is 0 Å². The van der Waals surface area contributed by atoms with Gasteiger partial charge in [-0.3, -0.25) is 9.59 Å². The highest BCUT2D eigenvalue weighted by Crippen LogP contribution is 2.31. The van der Waals surface area contributed by atoms with E-state index in [1.165, 1.54) is 71.1 Å². The number of nitrogens with zero attached hydrogens (tertiary/aromatic N) is 1. The molecule has 0 spiro atoms. The van der Waals surface area contributed by atoms with Crippen LogP contribution in [0.15, 0.2) is 47.8 Å². The van der Waals surface area contributed by atoms with Crippen LogP contribution in [0.5, 0.6) is 5.75 Å². The van der Waals surface area contributed by atoms with Crippen molar-refractivity contribution in [3.05, 3.63) is 75.2 Å². The molecule has 1 N–H and O–H groups in total. The van der Waals surface area contributed by atoms with Crippen LogP contribution in [0, 0.1) is 6.92 Å². The summed E-state index contributed by atoms with van der Waals surface area (Å²) in [5.74, 6) is 0.152. The summed E-state index contributed by atoms with van der Waals surface area (Å²) < 4.78 is 6.14. The van der Waals surface area contributed by atoms with E-state index in [9.17, 15) is 9.59 Å². The summed E-state index contributed by atoms with van der Waals surface area (Å²) in [4.78, 5) is 30.3. The van der Waals surface area contributed by atoms with Crippen molar-refractivity contribution in [1.29, 1.82) is 0 Å². The first kappa shape index (κ1) is 31.5. The fourth-order valence-electron chi connectivity index (χ4n) is 4.92. The third-order valence-electron chi connectivity index (χ3n) is 7.16. The zero-order chi connectivity index (χ0) is 28.6. The average molecular weight is 563 g/mol. The lowest BCUT2D eigenvalue weighted by molar-refractivity contribution is 0.100. The molecule has 1 amide bonds. The van der Waals surface area contributed by atoms with Crippen molar-refractivity contribution in [2.75, 3.05) is 11.9 Å². The van der Waals surface area contributed by atoms with Crippen molar-refractivity contribution in [3.8, 4) is 5.75 Å². The Balaban J connectivity index is 1.51. The highest BCUT2D eigenvalue weighted by molar-refractivity contribution is 7.09. The molecule has 5 nitrogen and oxygen atoms in total. The van der Waals surface area contributed by atoms with Crippen molar-refractivity contribution >= 4 is 28.7 Å². The SMILES string of the molecule is CCCCCCCCCCCCCCOc1c(NC(=O)c2ccccc2Cc2nc(C)cs2)cccc1C(C)=O. The van der Waals surface area contributed by atoms with Crippen molar-refractivity contribution in [3.63, 3.8) is 0 Å². The molecule has 0 aliphatic heterocycles. The van der Waals surface area contributed by atoms with Gasteiger partial charge in [0.05, 0.1) is 22.9 Å². The van der Waals surface area contributed by atoms with Crippen LogP contribution >= 0.6 is 11.3 Å². The molecule has 0 aliphatic rings. The molecule has 1 aromatic heterocycles. The van der Waals surface area contributed by atoms with Crippen molar-refractivity contribution in [1.82, 2.24) is 4.98 Å². The number of aromatic nitrogens is 1. The first-order valence-corrected chi connectivity index (χ1v) is 15.9. The molecule has 3 aromatic rings. The number of carbonyl (C=O) groups excluding carboxylic acids is 2. The van der Waals surface area contributed by atoms with Crippen LogP contribution in [-0.4, -0.2) is 23.3 Å². The molecule has 0 radical (unpaired) electrons. The molecular formula is C34H46N2O3S. The third kappa shape index (κ3) is 10.5. The van der Waals surface area contributed by atoms with E-state index in [0.717, 1.165) is 29.1 Å². The minimum atomic E-state index is -0.222. The number of ether oxygens (including phenoxy) is 1. The summed E-state index contributed by atoms with van der Waals surface area (Å²) in [6, 6.07) is 12.9. The average Bonchev–Trinajstić information content (AvgIpc) is 3.36. The number of aryl methyl sites for hydroxylation is 1. The Hall–Kier alpha value is -2.99. The number of benzene rings is 2. The second-order valence-corrected chi connectivity index (χ2v) is 11.6. The number of unbranched alkanes of at least 4 members (excludes halogenated alkanes) is 11. The van der Waals surface area contributed by atoms with Crippen molar-refractivity contribution in [2.24, 2.45) is 0 Å². The number of thiazole rings is 1. The van der Waals surface area contributed by atoms with Crippen LogP contribution < -0.4 is 10.1 Å². The second-order valence-electron chi connectivity index (χ2n) is 10.6. The predicted molar refractivity (Wildman–Crippen MR) is 167 cm³/mol. The number of carbonyl (C=O) groups is 2. The highest BCUT2D eigenvalue weighted by Gasteiger charge is 2.18. The summed E-state index contributed by atoms with van der Waals surface area (Å²) in [5, 5.41) is 6.01. The predicted octanol–water partition coefficient (Wildman–Crippen LogP) is 9.58. The van der Waals surface area contributed by atoms with Gasteiger partial charge in [0.1, 0.15) is 0 Å². The van der Waals surface area contributed by atoms with Gasteiger partial charge < -0.3 is 10.1 Å². The van der Waals surface area contributed by atoms with Crippen LogP contribution in [0.1, 0.15) is 128 Å². The Labute approximate surface area is 244 Å². The molecule has 216 valence electrons. The third-order valence-corrected chi connectivity index (χ3v) is 8.12. The normalized spacial score (nSPS) is 11.0. The van der Waals surface area contributed by atoms with Crippen molar-refractivity contribution < 1.29 is 14.3 Å². The fraction of sp³-hybridized carbons (Fsp3) is 0.500. The molecule has 6 heteroatoms. The van der Waals surface area contributed by atoms with Gasteiger partial charge in [-0.2, -0.15) is 0 Å². The minimum absolute atomic E-state index is 0.0830. The molecule has 40 heavy (non-hydrogen) atoms. The monoisotopic (exact) mass is 562 g/mol. The number of anilines is 1. The van der Waals surface area contributed by atoms with Gasteiger partial charge in [0.2, 0.25) is 0 Å². The van der Waals surface area contributed by atoms with Gasteiger partial charge in [0.15, 0.2) is 11.5 Å². The maximum atomic E-state index is 13.4. The Morgan fingerprint density at radius 3 is 2.08 bits per heavy atom. The van der Waals surface area contributed by atoms with Crippen LogP contribution in [0.25, 0.3) is 0 Å². The van der Waals surface area contributed by atoms with E-state index >= 15 is 0 Å². The Morgan fingerprint density at radius 1 is 0.825 bits per heavy atom. The number of ketones is 1. The molecule has 0 atom stereocenters. The molecule has 2 aromatic carbocycles. The summed E-state index contributed by atoms with van der Waals surface area (Å²) in [5.41, 5.74) is 3.50. The Morgan fingerprint density at radius 2 is 1.45 bits per heavy atom. The molecule has 0 saturated heterocycles. The Kier molecular flexibility index (Phi) is 13.9. The van der Waals surface area contributed by atoms with Crippen LogP contribution in [0.3, 0.4) is 0 Å². The van der Waals surface area contributed by atoms with E-state index in [-0.39, 0.29) is 11.7 Å². The number of Topliss-reactive ketones (excluding diaryl/α,β-unsaturated/α-hetero) is 1. The Bertz CT molecular complexity index is 1200. The van der Waals surface area contributed by atoms with Gasteiger partial charge in [0, 0.05) is 23.1 Å². The molecule has 3 rings (SSSR count). The van der Waals surface area contributed by atoms with Crippen LogP contribution in [0.4, 0.5) is 5.69 Å². The van der Waals surface area contributed by atoms with E-state index in [1.807, 2.05) is 36.6 Å². The lowest BCUT2D eigenvalue weighted by Gasteiger charge is -2.16. The maximum Gasteiger partial charge on any atom is 0.256 e. The van der Waals surface area contributed by atoms with Gasteiger partial charge in [-0.25, -0.2) is 4.98 Å². The fourth-order valence-corrected chi connectivity index (χ4v) is 5.71. The first-order chi connectivity index (χ1) is 19.5. The standard InChI is InChI=1S/C34H46N2O3S/c1-4-5-6-7-8-9-10-11-12-13-14-17-23-39-33-29(27(3)37)21-18-22-31(33)36-34(38)30-20-16-15-19-28(30)24-32-35-26(2)25-40-32/h15-16,18-22,25H,4-14,17,23-24H2,1-3H3,(H,36,38). The zero-order valence-electron chi connectivity index (χ0n) is 24.6. The number of nitrogens with one attached hydrogen (secondary N) is 1. The summed E-state index contributed by atoms with van der Waals surface area (Å²) in [7, 11) is 0. The molecule has 1 heterocycles. The van der Waals surface area contributed by atoms with Gasteiger partial charge in [-0.1, -0.05) is 102 Å². The molecule has 0 aliphatic carbocycles. The van der Waals surface area contributed by atoms with Crippen LogP contribution in [0.2, 0.25) is 0 Å². The number of amides is 1. The van der Waals surface area contributed by atoms with Gasteiger partial charge in [0.25, 0.3) is 5.91 Å². The minimum Gasteiger partial charge on any atom is -0.491 e. The smallest absolute Gasteiger partial charge is 0.256 e. The molecule has 0 bridgehead atoms. The lowest BCUT2D eigenvalue weighted by Crippen LogP contribution is -2.16. The molecule has 0 unspecified atom stereocenters. The zero-order valence-corrected chi connectivity index (χ0v) is 25.4. The number of hydrogen-bond acceptors (Lipinski definition) is 5. The highest BCUT2D eigenvalue weighted by atomic mass is 32.1. The number of para-hydroxylation sites is 1. The summed E-state index contributed by atoms with van der Waals surface area (Å²) in [6.45, 7) is 6.28. The number of hydrogen-bond donors (Lipinski definition) is 1. The number of rotatable bonds is 19.